The van der Waals surface area contributed by atoms with Crippen LogP contribution in [-0.2, 0) is 16.1 Å². The zero-order valence-electron chi connectivity index (χ0n) is 22.1. The van der Waals surface area contributed by atoms with Crippen LogP contribution in [0.5, 0.6) is 5.75 Å². The average molecular weight is 552 g/mol. The number of thioether (sulfide) groups is 1. The van der Waals surface area contributed by atoms with Gasteiger partial charge >= 0.3 is 5.97 Å². The molecule has 1 saturated carbocycles. The van der Waals surface area contributed by atoms with E-state index in [1.165, 1.54) is 18.2 Å². The molecule has 39 heavy (non-hydrogen) atoms. The van der Waals surface area contributed by atoms with Gasteiger partial charge in [0.2, 0.25) is 5.91 Å². The molecule has 3 aromatic rings. The van der Waals surface area contributed by atoms with Crippen molar-refractivity contribution in [1.82, 2.24) is 20.1 Å². The number of nitrogens with one attached hydrogen (secondary N) is 2. The maximum Gasteiger partial charge on any atom is 0.338 e. The van der Waals surface area contributed by atoms with Gasteiger partial charge in [-0.2, -0.15) is 0 Å². The van der Waals surface area contributed by atoms with Gasteiger partial charge in [-0.15, -0.1) is 10.2 Å². The maximum absolute atomic E-state index is 12.7. The quantitative estimate of drug-likeness (QED) is 0.261. The monoisotopic (exact) mass is 551 g/mol. The third kappa shape index (κ3) is 7.60. The third-order valence-corrected chi connectivity index (χ3v) is 7.39. The van der Waals surface area contributed by atoms with Crippen LogP contribution in [0.1, 0.15) is 71.6 Å². The molecule has 2 amide bonds. The van der Waals surface area contributed by atoms with Crippen molar-refractivity contribution >= 4 is 35.2 Å². The molecule has 0 unspecified atom stereocenters. The third-order valence-electron chi connectivity index (χ3n) is 6.45. The lowest BCUT2D eigenvalue weighted by atomic mass is 9.95. The van der Waals surface area contributed by atoms with E-state index in [4.69, 9.17) is 9.47 Å². The van der Waals surface area contributed by atoms with Crippen molar-refractivity contribution < 1.29 is 23.9 Å². The summed E-state index contributed by atoms with van der Waals surface area (Å²) in [6.45, 7) is 2.28. The minimum absolute atomic E-state index is 0.142. The molecule has 0 bridgehead atoms. The fourth-order valence-electron chi connectivity index (χ4n) is 4.47. The van der Waals surface area contributed by atoms with Crippen LogP contribution in [0.25, 0.3) is 0 Å². The molecule has 0 spiro atoms. The number of ether oxygens (including phenoxy) is 2. The number of carbonyl (C=O) groups excluding carboxylic acids is 3. The Labute approximate surface area is 231 Å². The van der Waals surface area contributed by atoms with Crippen LogP contribution in [0.3, 0.4) is 0 Å². The number of benzene rings is 2. The van der Waals surface area contributed by atoms with Gasteiger partial charge < -0.3 is 24.7 Å². The van der Waals surface area contributed by atoms with E-state index in [-0.39, 0.29) is 30.2 Å². The van der Waals surface area contributed by atoms with E-state index in [0.717, 1.165) is 25.7 Å². The van der Waals surface area contributed by atoms with Gasteiger partial charge in [0.25, 0.3) is 5.91 Å². The maximum atomic E-state index is 12.7. The Morgan fingerprint density at radius 2 is 1.67 bits per heavy atom. The molecule has 10 nitrogen and oxygen atoms in total. The summed E-state index contributed by atoms with van der Waals surface area (Å²) in [6.07, 6.45) is 5.44. The molecular formula is C28H33N5O5S. The molecule has 1 aliphatic carbocycles. The number of carbonyl (C=O) groups is 3. The van der Waals surface area contributed by atoms with E-state index in [0.29, 0.717) is 40.2 Å². The summed E-state index contributed by atoms with van der Waals surface area (Å²) in [7, 11) is 1.58. The van der Waals surface area contributed by atoms with Crippen molar-refractivity contribution in [3.63, 3.8) is 0 Å². The smallest absolute Gasteiger partial charge is 0.338 e. The summed E-state index contributed by atoms with van der Waals surface area (Å²) < 4.78 is 12.2. The fraction of sp³-hybridized carbons (Fsp3) is 0.393. The zero-order chi connectivity index (χ0) is 27.6. The van der Waals surface area contributed by atoms with E-state index in [1.807, 2.05) is 0 Å². The van der Waals surface area contributed by atoms with Crippen LogP contribution in [0.2, 0.25) is 0 Å². The van der Waals surface area contributed by atoms with Crippen molar-refractivity contribution in [2.75, 3.05) is 24.8 Å². The standard InChI is InChI=1S/C28H33N5O5S/c1-3-38-27(36)20-9-13-21(14-10-20)30-25(34)18-39-28-32-31-24(33(28)22-7-5-4-6-8-22)17-29-26(35)19-11-15-23(37-2)16-12-19/h9-16,22H,3-8,17-18H2,1-2H3,(H,29,35)(H,30,34). The molecule has 2 N–H and O–H groups in total. The number of nitrogens with zero attached hydrogens (tertiary/aromatic N) is 3. The summed E-state index contributed by atoms with van der Waals surface area (Å²) >= 11 is 1.31. The second kappa shape index (κ2) is 13.8. The molecule has 4 rings (SSSR count). The summed E-state index contributed by atoms with van der Waals surface area (Å²) in [5, 5.41) is 15.2. The predicted octanol–water partition coefficient (Wildman–Crippen LogP) is 4.63. The Morgan fingerprint density at radius 3 is 2.33 bits per heavy atom. The predicted molar refractivity (Wildman–Crippen MR) is 148 cm³/mol. The highest BCUT2D eigenvalue weighted by Crippen LogP contribution is 2.32. The number of rotatable bonds is 11. The largest absolute Gasteiger partial charge is 0.497 e. The molecule has 1 heterocycles. The first kappa shape index (κ1) is 28.2. The Kier molecular flexibility index (Phi) is 9.96. The topological polar surface area (TPSA) is 124 Å². The molecule has 1 fully saturated rings. The molecule has 11 heteroatoms. The summed E-state index contributed by atoms with van der Waals surface area (Å²) in [6, 6.07) is 13.7. The molecule has 1 aliphatic rings. The Hall–Kier alpha value is -3.86. The zero-order valence-corrected chi connectivity index (χ0v) is 23.0. The number of anilines is 1. The number of amides is 2. The SMILES string of the molecule is CCOC(=O)c1ccc(NC(=O)CSc2nnc(CNC(=O)c3ccc(OC)cc3)n2C2CCCCC2)cc1. The molecule has 0 saturated heterocycles. The van der Waals surface area contributed by atoms with E-state index >= 15 is 0 Å². The molecule has 1 aromatic heterocycles. The number of esters is 1. The fourth-order valence-corrected chi connectivity index (χ4v) is 5.29. The van der Waals surface area contributed by atoms with E-state index < -0.39 is 5.97 Å². The number of hydrogen-bond donors (Lipinski definition) is 2. The van der Waals surface area contributed by atoms with Gasteiger partial charge in [-0.05, 0) is 68.3 Å². The minimum Gasteiger partial charge on any atom is -0.497 e. The highest BCUT2D eigenvalue weighted by molar-refractivity contribution is 7.99. The van der Waals surface area contributed by atoms with E-state index in [9.17, 15) is 14.4 Å². The van der Waals surface area contributed by atoms with Crippen molar-refractivity contribution in [3.05, 3.63) is 65.5 Å². The summed E-state index contributed by atoms with van der Waals surface area (Å²) in [4.78, 5) is 37.2. The van der Waals surface area contributed by atoms with Crippen molar-refractivity contribution in [2.24, 2.45) is 0 Å². The van der Waals surface area contributed by atoms with Crippen molar-refractivity contribution in [3.8, 4) is 5.75 Å². The highest BCUT2D eigenvalue weighted by Gasteiger charge is 2.24. The summed E-state index contributed by atoms with van der Waals surface area (Å²) in [5.41, 5.74) is 1.54. The van der Waals surface area contributed by atoms with Crippen LogP contribution in [0, 0.1) is 0 Å². The molecule has 0 atom stereocenters. The van der Waals surface area contributed by atoms with Gasteiger partial charge in [-0.3, -0.25) is 9.59 Å². The van der Waals surface area contributed by atoms with Crippen LogP contribution in [0.4, 0.5) is 5.69 Å². The minimum atomic E-state index is -0.399. The van der Waals surface area contributed by atoms with E-state index in [2.05, 4.69) is 25.4 Å². The van der Waals surface area contributed by atoms with Crippen molar-refractivity contribution in [2.45, 2.75) is 56.8 Å². The van der Waals surface area contributed by atoms with Gasteiger partial charge in [0.15, 0.2) is 11.0 Å². The first-order valence-corrected chi connectivity index (χ1v) is 14.0. The average Bonchev–Trinajstić information content (AvgIpc) is 3.38. The van der Waals surface area contributed by atoms with Crippen LogP contribution < -0.4 is 15.4 Å². The Morgan fingerprint density at radius 1 is 0.974 bits per heavy atom. The van der Waals surface area contributed by atoms with E-state index in [1.54, 1.807) is 62.6 Å². The Balaban J connectivity index is 1.39. The number of hydrogen-bond acceptors (Lipinski definition) is 8. The second-order valence-electron chi connectivity index (χ2n) is 9.11. The first-order chi connectivity index (χ1) is 19.0. The van der Waals surface area contributed by atoms with Crippen molar-refractivity contribution in [1.29, 1.82) is 0 Å². The normalized spacial score (nSPS) is 13.5. The lowest BCUT2D eigenvalue weighted by molar-refractivity contribution is -0.113. The van der Waals surface area contributed by atoms with Gasteiger partial charge in [-0.1, -0.05) is 31.0 Å². The molecular weight excluding hydrogens is 518 g/mol. The lowest BCUT2D eigenvalue weighted by Gasteiger charge is -2.25. The lowest BCUT2D eigenvalue weighted by Crippen LogP contribution is -2.26. The van der Waals surface area contributed by atoms with Crippen LogP contribution in [0.15, 0.2) is 53.7 Å². The van der Waals surface area contributed by atoms with Gasteiger partial charge in [-0.25, -0.2) is 4.79 Å². The summed E-state index contributed by atoms with van der Waals surface area (Å²) in [5.74, 6) is 0.686. The van der Waals surface area contributed by atoms with Gasteiger partial charge in [0.05, 0.1) is 31.6 Å². The molecule has 0 radical (unpaired) electrons. The molecule has 0 aliphatic heterocycles. The van der Waals surface area contributed by atoms with Gasteiger partial charge in [0.1, 0.15) is 5.75 Å². The Bertz CT molecular complexity index is 1270. The first-order valence-electron chi connectivity index (χ1n) is 13.0. The highest BCUT2D eigenvalue weighted by atomic mass is 32.2. The molecule has 2 aromatic carbocycles. The second-order valence-corrected chi connectivity index (χ2v) is 10.0. The van der Waals surface area contributed by atoms with Crippen LogP contribution >= 0.6 is 11.8 Å². The van der Waals surface area contributed by atoms with Gasteiger partial charge in [0, 0.05) is 17.3 Å². The number of methoxy groups -OCH3 is 1. The number of aromatic nitrogens is 3. The molecule has 206 valence electrons. The van der Waals surface area contributed by atoms with Crippen LogP contribution in [-0.4, -0.2) is 52.0 Å².